The quantitative estimate of drug-likeness (QED) is 0.809. The molecule has 0 aromatic heterocycles. The number of rotatable bonds is 7. The first-order valence-corrected chi connectivity index (χ1v) is 8.22. The van der Waals surface area contributed by atoms with Crippen LogP contribution < -0.4 is 5.32 Å². The van der Waals surface area contributed by atoms with Crippen LogP contribution in [0.1, 0.15) is 35.3 Å². The van der Waals surface area contributed by atoms with Crippen LogP contribution in [0.15, 0.2) is 48.5 Å². The fraction of sp³-hybridized carbons (Fsp3) is 0.300. The van der Waals surface area contributed by atoms with E-state index in [0.717, 1.165) is 5.56 Å². The number of hydrogen-bond donors (Lipinski definition) is 2. The highest BCUT2D eigenvalue weighted by atomic mass is 19.1. The minimum Gasteiger partial charge on any atom is -0.478 e. The summed E-state index contributed by atoms with van der Waals surface area (Å²) in [5, 5.41) is 12.2. The number of halogens is 1. The van der Waals surface area contributed by atoms with Gasteiger partial charge in [-0.2, -0.15) is 0 Å². The lowest BCUT2D eigenvalue weighted by molar-refractivity contribution is -0.121. The lowest BCUT2D eigenvalue weighted by Gasteiger charge is -2.23. The fourth-order valence-corrected chi connectivity index (χ4v) is 2.64. The summed E-state index contributed by atoms with van der Waals surface area (Å²) >= 11 is 0. The second-order valence-electron chi connectivity index (χ2n) is 6.39. The Bertz CT molecular complexity index is 741. The number of carbonyl (C=O) groups is 2. The Morgan fingerprint density at radius 3 is 2.32 bits per heavy atom. The SMILES string of the molecule is CC(C)C(Cc1ccc(F)cc1)NC(=O)Cc1ccccc1C(=O)O. The summed E-state index contributed by atoms with van der Waals surface area (Å²) in [5.41, 5.74) is 1.56. The zero-order valence-electron chi connectivity index (χ0n) is 14.3. The van der Waals surface area contributed by atoms with Crippen LogP contribution in [0.25, 0.3) is 0 Å². The van der Waals surface area contributed by atoms with Gasteiger partial charge in [0.1, 0.15) is 5.82 Å². The van der Waals surface area contributed by atoms with Gasteiger partial charge in [-0.25, -0.2) is 9.18 Å². The van der Waals surface area contributed by atoms with Crippen molar-refractivity contribution in [2.75, 3.05) is 0 Å². The first-order chi connectivity index (χ1) is 11.9. The van der Waals surface area contributed by atoms with Gasteiger partial charge >= 0.3 is 5.97 Å². The van der Waals surface area contributed by atoms with Gasteiger partial charge in [-0.3, -0.25) is 4.79 Å². The summed E-state index contributed by atoms with van der Waals surface area (Å²) in [6.45, 7) is 4.00. The van der Waals surface area contributed by atoms with Crippen LogP contribution in [0.2, 0.25) is 0 Å². The predicted octanol–water partition coefficient (Wildman–Crippen LogP) is 3.45. The average Bonchev–Trinajstić information content (AvgIpc) is 2.56. The van der Waals surface area contributed by atoms with Crippen molar-refractivity contribution in [2.45, 2.75) is 32.7 Å². The van der Waals surface area contributed by atoms with Crippen molar-refractivity contribution >= 4 is 11.9 Å². The molecule has 132 valence electrons. The third-order valence-electron chi connectivity index (χ3n) is 4.12. The van der Waals surface area contributed by atoms with E-state index in [1.54, 1.807) is 30.3 Å². The topological polar surface area (TPSA) is 66.4 Å². The van der Waals surface area contributed by atoms with Crippen LogP contribution in [0.4, 0.5) is 4.39 Å². The number of carbonyl (C=O) groups excluding carboxylic acids is 1. The normalized spacial score (nSPS) is 12.0. The first-order valence-electron chi connectivity index (χ1n) is 8.22. The molecule has 2 aromatic carbocycles. The molecule has 0 spiro atoms. The van der Waals surface area contributed by atoms with Crippen LogP contribution in [-0.2, 0) is 17.6 Å². The number of aromatic carboxylic acids is 1. The molecule has 25 heavy (non-hydrogen) atoms. The van der Waals surface area contributed by atoms with E-state index >= 15 is 0 Å². The van der Waals surface area contributed by atoms with E-state index in [9.17, 15) is 19.1 Å². The zero-order valence-corrected chi connectivity index (χ0v) is 14.3. The van der Waals surface area contributed by atoms with Gasteiger partial charge in [0.2, 0.25) is 5.91 Å². The van der Waals surface area contributed by atoms with E-state index in [0.29, 0.717) is 12.0 Å². The van der Waals surface area contributed by atoms with Crippen LogP contribution >= 0.6 is 0 Å². The highest BCUT2D eigenvalue weighted by molar-refractivity contribution is 5.91. The minimum absolute atomic E-state index is 0.00904. The maximum absolute atomic E-state index is 13.0. The van der Waals surface area contributed by atoms with Gasteiger partial charge < -0.3 is 10.4 Å². The average molecular weight is 343 g/mol. The molecule has 2 aromatic rings. The van der Waals surface area contributed by atoms with E-state index in [1.165, 1.54) is 18.2 Å². The molecule has 1 amide bonds. The molecule has 0 heterocycles. The number of carboxylic acid groups (broad SMARTS) is 1. The molecule has 0 aliphatic carbocycles. The van der Waals surface area contributed by atoms with Crippen molar-refractivity contribution in [3.63, 3.8) is 0 Å². The van der Waals surface area contributed by atoms with Crippen LogP contribution in [0.5, 0.6) is 0 Å². The van der Waals surface area contributed by atoms with Gasteiger partial charge in [-0.15, -0.1) is 0 Å². The highest BCUT2D eigenvalue weighted by Gasteiger charge is 2.19. The largest absolute Gasteiger partial charge is 0.478 e. The highest BCUT2D eigenvalue weighted by Crippen LogP contribution is 2.13. The summed E-state index contributed by atoms with van der Waals surface area (Å²) in [5.74, 6) is -1.38. The van der Waals surface area contributed by atoms with Crippen LogP contribution in [0, 0.1) is 11.7 Å². The first kappa shape index (κ1) is 18.6. The van der Waals surface area contributed by atoms with E-state index in [1.807, 2.05) is 13.8 Å². The molecular formula is C20H22FNO3. The van der Waals surface area contributed by atoms with Gasteiger partial charge in [0.25, 0.3) is 0 Å². The van der Waals surface area contributed by atoms with Crippen molar-refractivity contribution in [3.8, 4) is 0 Å². The molecule has 1 atom stereocenters. The molecule has 5 heteroatoms. The summed E-state index contributed by atoms with van der Waals surface area (Å²) in [6, 6.07) is 12.6. The lowest BCUT2D eigenvalue weighted by Crippen LogP contribution is -2.41. The molecule has 4 nitrogen and oxygen atoms in total. The van der Waals surface area contributed by atoms with Gasteiger partial charge in [0.05, 0.1) is 12.0 Å². The molecule has 0 fully saturated rings. The molecule has 0 radical (unpaired) electrons. The molecule has 0 aliphatic heterocycles. The van der Waals surface area contributed by atoms with E-state index in [-0.39, 0.29) is 35.7 Å². The third kappa shape index (κ3) is 5.41. The predicted molar refractivity (Wildman–Crippen MR) is 94.0 cm³/mol. The molecule has 0 bridgehead atoms. The fourth-order valence-electron chi connectivity index (χ4n) is 2.64. The maximum atomic E-state index is 13.0. The van der Waals surface area contributed by atoms with Crippen molar-refractivity contribution in [3.05, 3.63) is 71.0 Å². The van der Waals surface area contributed by atoms with Crippen LogP contribution in [0.3, 0.4) is 0 Å². The zero-order chi connectivity index (χ0) is 18.4. The number of carboxylic acids is 1. The number of hydrogen-bond acceptors (Lipinski definition) is 2. The van der Waals surface area contributed by atoms with Crippen LogP contribution in [-0.4, -0.2) is 23.0 Å². The Kier molecular flexibility index (Phi) is 6.28. The molecule has 0 saturated heterocycles. The third-order valence-corrected chi connectivity index (χ3v) is 4.12. The van der Waals surface area contributed by atoms with Gasteiger partial charge in [-0.05, 0) is 41.7 Å². The number of nitrogens with one attached hydrogen (secondary N) is 1. The minimum atomic E-state index is -1.05. The van der Waals surface area contributed by atoms with Crippen molar-refractivity contribution in [2.24, 2.45) is 5.92 Å². The second kappa shape index (κ2) is 8.42. The Morgan fingerprint density at radius 2 is 1.72 bits per heavy atom. The molecule has 2 N–H and O–H groups in total. The Balaban J connectivity index is 2.05. The van der Waals surface area contributed by atoms with E-state index < -0.39 is 5.97 Å². The van der Waals surface area contributed by atoms with Crippen molar-refractivity contribution in [1.29, 1.82) is 0 Å². The molecular weight excluding hydrogens is 321 g/mol. The molecule has 1 unspecified atom stereocenters. The monoisotopic (exact) mass is 343 g/mol. The smallest absolute Gasteiger partial charge is 0.335 e. The van der Waals surface area contributed by atoms with E-state index in [4.69, 9.17) is 0 Å². The van der Waals surface area contributed by atoms with Gasteiger partial charge in [-0.1, -0.05) is 44.2 Å². The van der Waals surface area contributed by atoms with Gasteiger partial charge in [0, 0.05) is 6.04 Å². The Hall–Kier alpha value is -2.69. The maximum Gasteiger partial charge on any atom is 0.335 e. The Labute approximate surface area is 146 Å². The van der Waals surface area contributed by atoms with Crippen molar-refractivity contribution in [1.82, 2.24) is 5.32 Å². The summed E-state index contributed by atoms with van der Waals surface area (Å²) in [4.78, 5) is 23.6. The summed E-state index contributed by atoms with van der Waals surface area (Å²) in [6.07, 6.45) is 0.597. The molecule has 0 aliphatic rings. The summed E-state index contributed by atoms with van der Waals surface area (Å²) in [7, 11) is 0. The molecule has 0 saturated carbocycles. The lowest BCUT2D eigenvalue weighted by atomic mass is 9.95. The van der Waals surface area contributed by atoms with Crippen molar-refractivity contribution < 1.29 is 19.1 Å². The number of benzene rings is 2. The molecule has 2 rings (SSSR count). The van der Waals surface area contributed by atoms with E-state index in [2.05, 4.69) is 5.32 Å². The number of amides is 1. The summed E-state index contributed by atoms with van der Waals surface area (Å²) < 4.78 is 13.0. The second-order valence-corrected chi connectivity index (χ2v) is 6.39. The Morgan fingerprint density at radius 1 is 1.08 bits per heavy atom. The van der Waals surface area contributed by atoms with Gasteiger partial charge in [0.15, 0.2) is 0 Å². The standard InChI is InChI=1S/C20H22FNO3/c1-13(2)18(11-14-7-9-16(21)10-8-14)22-19(23)12-15-5-3-4-6-17(15)20(24)25/h3-10,13,18H,11-12H2,1-2H3,(H,22,23)(H,24,25).